The van der Waals surface area contributed by atoms with Crippen LogP contribution in [-0.2, 0) is 0 Å². The van der Waals surface area contributed by atoms with Crippen LogP contribution < -0.4 is 5.32 Å². The average Bonchev–Trinajstić information content (AvgIpc) is 3.34. The normalized spacial score (nSPS) is 19.0. The lowest BCUT2D eigenvalue weighted by molar-refractivity contribution is 0.286. The van der Waals surface area contributed by atoms with Crippen molar-refractivity contribution in [3.05, 3.63) is 78.6 Å². The van der Waals surface area contributed by atoms with E-state index in [-0.39, 0.29) is 12.1 Å². The van der Waals surface area contributed by atoms with Gasteiger partial charge in [-0.3, -0.25) is 9.97 Å². The van der Waals surface area contributed by atoms with Crippen molar-refractivity contribution in [3.8, 4) is 5.69 Å². The summed E-state index contributed by atoms with van der Waals surface area (Å²) in [5.74, 6) is 0. The molecule has 0 amide bonds. The Morgan fingerprint density at radius 3 is 2.62 bits per heavy atom. The standard InChI is InChI=1S/C22H26N6S/c1-26(2)14-6-16-28-21(20(25-22(28)29)18-7-3-4-11-24-18)19-8-5-15-27(19)17-9-12-23-13-10-17/h3-5,7-13,15,20-21H,6,14,16H2,1-2H3,(H,25,29)/t20-,21+/m1/s1. The largest absolute Gasteiger partial charge is 0.352 e. The van der Waals surface area contributed by atoms with E-state index in [0.29, 0.717) is 0 Å². The van der Waals surface area contributed by atoms with Crippen molar-refractivity contribution in [2.24, 2.45) is 0 Å². The van der Waals surface area contributed by atoms with E-state index in [4.69, 9.17) is 12.2 Å². The molecule has 0 aromatic carbocycles. The van der Waals surface area contributed by atoms with E-state index in [9.17, 15) is 0 Å². The molecule has 1 N–H and O–H groups in total. The van der Waals surface area contributed by atoms with Gasteiger partial charge in [0.25, 0.3) is 0 Å². The molecule has 0 radical (unpaired) electrons. The van der Waals surface area contributed by atoms with Crippen molar-refractivity contribution >= 4 is 17.3 Å². The van der Waals surface area contributed by atoms with Crippen molar-refractivity contribution in [1.82, 2.24) is 29.7 Å². The van der Waals surface area contributed by atoms with Gasteiger partial charge in [0.1, 0.15) is 0 Å². The Kier molecular flexibility index (Phi) is 5.87. The molecule has 0 saturated carbocycles. The van der Waals surface area contributed by atoms with Crippen LogP contribution in [0.3, 0.4) is 0 Å². The van der Waals surface area contributed by atoms with E-state index in [0.717, 1.165) is 36.0 Å². The number of nitrogens with one attached hydrogen (secondary N) is 1. The van der Waals surface area contributed by atoms with Gasteiger partial charge in [0.05, 0.1) is 17.8 Å². The van der Waals surface area contributed by atoms with E-state index < -0.39 is 0 Å². The minimum atomic E-state index is -0.00135. The van der Waals surface area contributed by atoms with Gasteiger partial charge in [0.2, 0.25) is 0 Å². The maximum absolute atomic E-state index is 5.76. The predicted octanol–water partition coefficient (Wildman–Crippen LogP) is 3.19. The lowest BCUT2D eigenvalue weighted by Gasteiger charge is -2.29. The van der Waals surface area contributed by atoms with Gasteiger partial charge < -0.3 is 19.7 Å². The van der Waals surface area contributed by atoms with Crippen LogP contribution >= 0.6 is 12.2 Å². The zero-order chi connectivity index (χ0) is 20.2. The fourth-order valence-electron chi connectivity index (χ4n) is 3.90. The maximum atomic E-state index is 5.76. The second-order valence-corrected chi connectivity index (χ2v) is 7.87. The molecule has 0 bridgehead atoms. The van der Waals surface area contributed by atoms with Gasteiger partial charge in [-0.15, -0.1) is 0 Å². The van der Waals surface area contributed by atoms with E-state index in [1.54, 1.807) is 0 Å². The fraction of sp³-hybridized carbons (Fsp3) is 0.318. The summed E-state index contributed by atoms with van der Waals surface area (Å²) in [7, 11) is 4.20. The van der Waals surface area contributed by atoms with Gasteiger partial charge >= 0.3 is 0 Å². The number of pyridine rings is 2. The fourth-order valence-corrected chi connectivity index (χ4v) is 4.23. The van der Waals surface area contributed by atoms with Gasteiger partial charge in [-0.25, -0.2) is 0 Å². The summed E-state index contributed by atoms with van der Waals surface area (Å²) in [6.45, 7) is 1.91. The van der Waals surface area contributed by atoms with Crippen molar-refractivity contribution in [3.63, 3.8) is 0 Å². The molecule has 29 heavy (non-hydrogen) atoms. The Labute approximate surface area is 177 Å². The Bertz CT molecular complexity index is 940. The number of rotatable bonds is 7. The Morgan fingerprint density at radius 1 is 1.07 bits per heavy atom. The molecule has 0 aliphatic carbocycles. The highest BCUT2D eigenvalue weighted by molar-refractivity contribution is 7.80. The Balaban J connectivity index is 1.72. The van der Waals surface area contributed by atoms with Crippen LogP contribution in [0, 0.1) is 0 Å². The van der Waals surface area contributed by atoms with Crippen LogP contribution in [0.1, 0.15) is 29.9 Å². The summed E-state index contributed by atoms with van der Waals surface area (Å²) in [6.07, 6.45) is 8.62. The number of hydrogen-bond donors (Lipinski definition) is 1. The molecule has 6 nitrogen and oxygen atoms in total. The molecule has 0 unspecified atom stereocenters. The molecule has 3 aromatic rings. The minimum Gasteiger partial charge on any atom is -0.352 e. The third-order valence-electron chi connectivity index (χ3n) is 5.23. The average molecular weight is 407 g/mol. The number of thiocarbonyl (C=S) groups is 1. The van der Waals surface area contributed by atoms with Crippen LogP contribution in [0.5, 0.6) is 0 Å². The summed E-state index contributed by atoms with van der Waals surface area (Å²) in [6, 6.07) is 14.4. The predicted molar refractivity (Wildman–Crippen MR) is 119 cm³/mol. The van der Waals surface area contributed by atoms with Crippen molar-refractivity contribution in [2.75, 3.05) is 27.2 Å². The first kappa shape index (κ1) is 19.5. The van der Waals surface area contributed by atoms with Gasteiger partial charge in [-0.05, 0) is 75.7 Å². The lowest BCUT2D eigenvalue weighted by Crippen LogP contribution is -2.32. The molecule has 7 heteroatoms. The van der Waals surface area contributed by atoms with Crippen molar-refractivity contribution in [1.29, 1.82) is 0 Å². The van der Waals surface area contributed by atoms with Crippen LogP contribution in [0.25, 0.3) is 5.69 Å². The number of nitrogens with zero attached hydrogens (tertiary/aromatic N) is 5. The van der Waals surface area contributed by atoms with Crippen molar-refractivity contribution < 1.29 is 0 Å². The van der Waals surface area contributed by atoms with Gasteiger partial charge in [0.15, 0.2) is 5.11 Å². The van der Waals surface area contributed by atoms with E-state index in [1.807, 2.05) is 42.9 Å². The number of hydrogen-bond acceptors (Lipinski definition) is 4. The highest BCUT2D eigenvalue weighted by Gasteiger charge is 2.40. The lowest BCUT2D eigenvalue weighted by atomic mass is 10.0. The van der Waals surface area contributed by atoms with E-state index >= 15 is 0 Å². The molecule has 1 fully saturated rings. The summed E-state index contributed by atoms with van der Waals surface area (Å²) < 4.78 is 2.22. The highest BCUT2D eigenvalue weighted by atomic mass is 32.1. The second kappa shape index (κ2) is 8.71. The molecule has 3 aromatic heterocycles. The zero-order valence-electron chi connectivity index (χ0n) is 16.8. The molecule has 150 valence electrons. The second-order valence-electron chi connectivity index (χ2n) is 7.49. The molecule has 1 aliphatic rings. The summed E-state index contributed by atoms with van der Waals surface area (Å²) in [4.78, 5) is 13.3. The number of aromatic nitrogens is 3. The first-order valence-corrected chi connectivity index (χ1v) is 10.3. The first-order chi connectivity index (χ1) is 14.1. The monoisotopic (exact) mass is 406 g/mol. The molecule has 2 atom stereocenters. The van der Waals surface area contributed by atoms with Gasteiger partial charge in [-0.2, -0.15) is 0 Å². The SMILES string of the molecule is CN(C)CCCN1C(=S)N[C@H](c2ccccn2)[C@@H]1c1cccn1-c1ccncc1. The summed E-state index contributed by atoms with van der Waals surface area (Å²) in [5.41, 5.74) is 3.27. The quantitative estimate of drug-likeness (QED) is 0.608. The van der Waals surface area contributed by atoms with Gasteiger partial charge in [0, 0.05) is 42.7 Å². The smallest absolute Gasteiger partial charge is 0.170 e. The molecular weight excluding hydrogens is 380 g/mol. The van der Waals surface area contributed by atoms with Crippen molar-refractivity contribution in [2.45, 2.75) is 18.5 Å². The zero-order valence-corrected chi connectivity index (χ0v) is 17.6. The highest BCUT2D eigenvalue weighted by Crippen LogP contribution is 2.39. The van der Waals surface area contributed by atoms with Crippen LogP contribution in [-0.4, -0.2) is 56.6 Å². The third kappa shape index (κ3) is 4.16. The molecule has 0 spiro atoms. The molecule has 1 saturated heterocycles. The minimum absolute atomic E-state index is 0.00135. The van der Waals surface area contributed by atoms with Crippen LogP contribution in [0.15, 0.2) is 67.3 Å². The molecular formula is C22H26N6S. The Hall–Kier alpha value is -2.77. The van der Waals surface area contributed by atoms with Crippen LogP contribution in [0.2, 0.25) is 0 Å². The summed E-state index contributed by atoms with van der Waals surface area (Å²) >= 11 is 5.76. The van der Waals surface area contributed by atoms with Crippen LogP contribution in [0.4, 0.5) is 0 Å². The molecule has 4 rings (SSSR count). The third-order valence-corrected chi connectivity index (χ3v) is 5.58. The maximum Gasteiger partial charge on any atom is 0.170 e. The first-order valence-electron chi connectivity index (χ1n) is 9.85. The van der Waals surface area contributed by atoms with Gasteiger partial charge in [-0.1, -0.05) is 6.07 Å². The summed E-state index contributed by atoms with van der Waals surface area (Å²) in [5, 5.41) is 4.32. The van der Waals surface area contributed by atoms with E-state index in [2.05, 4.69) is 68.1 Å². The topological polar surface area (TPSA) is 49.2 Å². The molecule has 1 aliphatic heterocycles. The molecule has 4 heterocycles. The van der Waals surface area contributed by atoms with E-state index in [1.165, 1.54) is 5.69 Å². The Morgan fingerprint density at radius 2 is 1.90 bits per heavy atom.